The second-order valence-electron chi connectivity index (χ2n) is 4.67. The van der Waals surface area contributed by atoms with Crippen molar-refractivity contribution in [3.8, 4) is 0 Å². The highest BCUT2D eigenvalue weighted by Gasteiger charge is 2.17. The fourth-order valence-electron chi connectivity index (χ4n) is 2.36. The predicted octanol–water partition coefficient (Wildman–Crippen LogP) is 3.78. The van der Waals surface area contributed by atoms with Crippen molar-refractivity contribution in [3.05, 3.63) is 58.5 Å². The number of para-hydroxylation sites is 1. The normalized spacial score (nSPS) is 12.7. The highest BCUT2D eigenvalue weighted by Crippen LogP contribution is 2.29. The van der Waals surface area contributed by atoms with Crippen LogP contribution < -0.4 is 5.32 Å². The summed E-state index contributed by atoms with van der Waals surface area (Å²) in [5.41, 5.74) is 3.13. The Morgan fingerprint density at radius 2 is 2.05 bits per heavy atom. The van der Waals surface area contributed by atoms with Gasteiger partial charge in [0.15, 0.2) is 0 Å². The summed E-state index contributed by atoms with van der Waals surface area (Å²) < 4.78 is 0. The molecular formula is C16H17N3S. The number of aromatic nitrogens is 2. The molecule has 0 radical (unpaired) electrons. The van der Waals surface area contributed by atoms with E-state index in [1.165, 1.54) is 10.4 Å². The molecular weight excluding hydrogens is 266 g/mol. The Hall–Kier alpha value is -1.78. The molecule has 20 heavy (non-hydrogen) atoms. The average Bonchev–Trinajstić information content (AvgIpc) is 3.02. The third kappa shape index (κ3) is 2.57. The molecule has 0 saturated heterocycles. The Bertz CT molecular complexity index is 674. The molecule has 0 bridgehead atoms. The number of fused-ring (bicyclic) bond motifs is 1. The molecule has 0 spiro atoms. The van der Waals surface area contributed by atoms with Crippen molar-refractivity contribution >= 4 is 22.4 Å². The molecule has 0 amide bonds. The predicted molar refractivity (Wildman–Crippen MR) is 84.0 cm³/mol. The van der Waals surface area contributed by atoms with Crippen LogP contribution in [0.4, 0.5) is 0 Å². The van der Waals surface area contributed by atoms with Crippen LogP contribution in [0, 0.1) is 0 Å². The SMILES string of the molecule is CCCNC(c1cccs1)c1cccc2nccnc12. The number of hydrogen-bond donors (Lipinski definition) is 1. The first kappa shape index (κ1) is 13.2. The molecule has 4 heteroatoms. The fourth-order valence-corrected chi connectivity index (χ4v) is 3.17. The second kappa shape index (κ2) is 6.11. The Kier molecular flexibility index (Phi) is 4.04. The lowest BCUT2D eigenvalue weighted by atomic mass is 10.0. The molecule has 1 aromatic carbocycles. The number of benzene rings is 1. The Morgan fingerprint density at radius 3 is 2.85 bits per heavy atom. The first-order valence-corrected chi connectivity index (χ1v) is 7.74. The largest absolute Gasteiger partial charge is 0.306 e. The van der Waals surface area contributed by atoms with Crippen LogP contribution in [-0.2, 0) is 0 Å². The van der Waals surface area contributed by atoms with Gasteiger partial charge >= 0.3 is 0 Å². The van der Waals surface area contributed by atoms with E-state index in [-0.39, 0.29) is 6.04 Å². The monoisotopic (exact) mass is 283 g/mol. The smallest absolute Gasteiger partial charge is 0.0938 e. The summed E-state index contributed by atoms with van der Waals surface area (Å²) in [5.74, 6) is 0. The maximum Gasteiger partial charge on any atom is 0.0938 e. The van der Waals surface area contributed by atoms with Gasteiger partial charge in [0.1, 0.15) is 0 Å². The van der Waals surface area contributed by atoms with Gasteiger partial charge in [-0.2, -0.15) is 0 Å². The molecule has 0 fully saturated rings. The van der Waals surface area contributed by atoms with E-state index < -0.39 is 0 Å². The lowest BCUT2D eigenvalue weighted by Gasteiger charge is -2.18. The van der Waals surface area contributed by atoms with Crippen LogP contribution in [0.3, 0.4) is 0 Å². The van der Waals surface area contributed by atoms with Gasteiger partial charge in [0.2, 0.25) is 0 Å². The third-order valence-electron chi connectivity index (χ3n) is 3.27. The van der Waals surface area contributed by atoms with Crippen LogP contribution in [0.25, 0.3) is 11.0 Å². The Morgan fingerprint density at radius 1 is 1.15 bits per heavy atom. The van der Waals surface area contributed by atoms with Gasteiger partial charge in [-0.25, -0.2) is 0 Å². The van der Waals surface area contributed by atoms with Gasteiger partial charge in [-0.05, 0) is 30.5 Å². The quantitative estimate of drug-likeness (QED) is 0.774. The third-order valence-corrected chi connectivity index (χ3v) is 4.20. The summed E-state index contributed by atoms with van der Waals surface area (Å²) >= 11 is 1.77. The first-order chi connectivity index (χ1) is 9.90. The minimum atomic E-state index is 0.190. The van der Waals surface area contributed by atoms with Gasteiger partial charge in [-0.15, -0.1) is 11.3 Å². The van der Waals surface area contributed by atoms with Crippen LogP contribution in [-0.4, -0.2) is 16.5 Å². The van der Waals surface area contributed by atoms with Crippen LogP contribution in [0.1, 0.15) is 29.8 Å². The molecule has 3 aromatic rings. The minimum absolute atomic E-state index is 0.190. The molecule has 0 saturated carbocycles. The molecule has 2 aromatic heterocycles. The zero-order chi connectivity index (χ0) is 13.8. The molecule has 1 N–H and O–H groups in total. The van der Waals surface area contributed by atoms with Crippen molar-refractivity contribution in [2.24, 2.45) is 0 Å². The Labute approximate surface area is 122 Å². The first-order valence-electron chi connectivity index (χ1n) is 6.86. The summed E-state index contributed by atoms with van der Waals surface area (Å²) in [4.78, 5) is 10.2. The number of nitrogens with one attached hydrogen (secondary N) is 1. The zero-order valence-corrected chi connectivity index (χ0v) is 12.2. The average molecular weight is 283 g/mol. The molecule has 3 nitrogen and oxygen atoms in total. The number of nitrogens with zero attached hydrogens (tertiary/aromatic N) is 2. The van der Waals surface area contributed by atoms with Gasteiger partial charge < -0.3 is 5.32 Å². The van der Waals surface area contributed by atoms with Crippen molar-refractivity contribution in [3.63, 3.8) is 0 Å². The molecule has 0 aliphatic carbocycles. The number of rotatable bonds is 5. The van der Waals surface area contributed by atoms with Crippen LogP contribution in [0.5, 0.6) is 0 Å². The van der Waals surface area contributed by atoms with Crippen LogP contribution in [0.15, 0.2) is 48.1 Å². The molecule has 1 atom stereocenters. The number of thiophene rings is 1. The highest BCUT2D eigenvalue weighted by atomic mass is 32.1. The number of hydrogen-bond acceptors (Lipinski definition) is 4. The lowest BCUT2D eigenvalue weighted by Crippen LogP contribution is -2.22. The van der Waals surface area contributed by atoms with Crippen LogP contribution >= 0.6 is 11.3 Å². The summed E-state index contributed by atoms with van der Waals surface area (Å²) in [6.07, 6.45) is 4.61. The van der Waals surface area contributed by atoms with Crippen LogP contribution in [0.2, 0.25) is 0 Å². The topological polar surface area (TPSA) is 37.8 Å². The van der Waals surface area contributed by atoms with Crippen molar-refractivity contribution in [1.29, 1.82) is 0 Å². The van der Waals surface area contributed by atoms with Gasteiger partial charge in [0.25, 0.3) is 0 Å². The van der Waals surface area contributed by atoms with Gasteiger partial charge in [0, 0.05) is 22.8 Å². The van der Waals surface area contributed by atoms with Crippen molar-refractivity contribution in [1.82, 2.24) is 15.3 Å². The lowest BCUT2D eigenvalue weighted by molar-refractivity contribution is 0.608. The van der Waals surface area contributed by atoms with Gasteiger partial charge in [-0.1, -0.05) is 25.1 Å². The summed E-state index contributed by atoms with van der Waals surface area (Å²) in [6.45, 7) is 3.17. The molecule has 102 valence electrons. The summed E-state index contributed by atoms with van der Waals surface area (Å²) in [5, 5.41) is 5.74. The molecule has 3 rings (SSSR count). The summed E-state index contributed by atoms with van der Waals surface area (Å²) in [7, 11) is 0. The van der Waals surface area contributed by atoms with E-state index in [4.69, 9.17) is 0 Å². The van der Waals surface area contributed by atoms with E-state index in [0.717, 1.165) is 24.0 Å². The fraction of sp³-hybridized carbons (Fsp3) is 0.250. The van der Waals surface area contributed by atoms with E-state index in [1.807, 2.05) is 6.07 Å². The van der Waals surface area contributed by atoms with E-state index in [9.17, 15) is 0 Å². The summed E-state index contributed by atoms with van der Waals surface area (Å²) in [6, 6.07) is 10.7. The van der Waals surface area contributed by atoms with Crippen molar-refractivity contribution < 1.29 is 0 Å². The van der Waals surface area contributed by atoms with Crippen molar-refractivity contribution in [2.75, 3.05) is 6.54 Å². The molecule has 1 unspecified atom stereocenters. The maximum atomic E-state index is 4.52. The standard InChI is InChI=1S/C16H17N3S/c1-2-8-18-16(14-7-4-11-20-14)12-5-3-6-13-15(12)19-10-9-17-13/h3-7,9-11,16,18H,2,8H2,1H3. The molecule has 0 aliphatic heterocycles. The second-order valence-corrected chi connectivity index (χ2v) is 5.65. The highest BCUT2D eigenvalue weighted by molar-refractivity contribution is 7.10. The molecule has 0 aliphatic rings. The van der Waals surface area contributed by atoms with E-state index in [1.54, 1.807) is 23.7 Å². The minimum Gasteiger partial charge on any atom is -0.306 e. The molecule has 2 heterocycles. The van der Waals surface area contributed by atoms with E-state index in [0.29, 0.717) is 0 Å². The Balaban J connectivity index is 2.09. The van der Waals surface area contributed by atoms with Gasteiger partial charge in [0.05, 0.1) is 17.1 Å². The van der Waals surface area contributed by atoms with E-state index in [2.05, 4.69) is 51.9 Å². The van der Waals surface area contributed by atoms with Gasteiger partial charge in [-0.3, -0.25) is 9.97 Å². The zero-order valence-electron chi connectivity index (χ0n) is 11.4. The maximum absolute atomic E-state index is 4.52. The van der Waals surface area contributed by atoms with E-state index >= 15 is 0 Å². The van der Waals surface area contributed by atoms with Crippen molar-refractivity contribution in [2.45, 2.75) is 19.4 Å².